The third-order valence-corrected chi connectivity index (χ3v) is 3.51. The third-order valence-electron chi connectivity index (χ3n) is 2.53. The fraction of sp³-hybridized carbons (Fsp3) is 0.900. The highest BCUT2D eigenvalue weighted by Gasteiger charge is 2.56. The van der Waals surface area contributed by atoms with Gasteiger partial charge in [0.1, 0.15) is 0 Å². The number of hydrogen-bond acceptors (Lipinski definition) is 3. The summed E-state index contributed by atoms with van der Waals surface area (Å²) < 4.78 is 10.7. The average molecular weight is 216 g/mol. The van der Waals surface area contributed by atoms with Gasteiger partial charge in [0.2, 0.25) is 0 Å². The maximum Gasteiger partial charge on any atom is 0.311 e. The van der Waals surface area contributed by atoms with Crippen LogP contribution in [-0.2, 0) is 14.0 Å². The molecule has 0 N–H and O–H groups in total. The molecular formula is C10H20O3Si. The molecule has 0 heterocycles. The van der Waals surface area contributed by atoms with Crippen LogP contribution < -0.4 is 0 Å². The lowest BCUT2D eigenvalue weighted by atomic mass is 10.2. The maximum absolute atomic E-state index is 11.4. The quantitative estimate of drug-likeness (QED) is 0.533. The number of hydrogen-bond donors (Lipinski definition) is 0. The number of carbonyl (C=O) groups excluding carboxylic acids is 1. The van der Waals surface area contributed by atoms with Gasteiger partial charge in [0.25, 0.3) is 0 Å². The highest BCUT2D eigenvalue weighted by molar-refractivity contribution is 6.69. The zero-order valence-corrected chi connectivity index (χ0v) is 10.7. The Bertz CT molecular complexity index is 222. The van der Waals surface area contributed by atoms with Crippen molar-refractivity contribution in [3.8, 4) is 0 Å². The average Bonchev–Trinajstić information content (AvgIpc) is 2.73. The molecule has 3 unspecified atom stereocenters. The minimum absolute atomic E-state index is 0.00303. The van der Waals surface area contributed by atoms with Gasteiger partial charge >= 0.3 is 5.97 Å². The smallest absolute Gasteiger partial charge is 0.311 e. The SMILES string of the molecule is CCC1C(O[Si](C)(C)C)C1C(=O)OC. The molecule has 14 heavy (non-hydrogen) atoms. The first kappa shape index (κ1) is 11.7. The van der Waals surface area contributed by atoms with E-state index in [0.29, 0.717) is 5.92 Å². The van der Waals surface area contributed by atoms with E-state index in [1.165, 1.54) is 7.11 Å². The van der Waals surface area contributed by atoms with Crippen molar-refractivity contribution in [2.75, 3.05) is 7.11 Å². The number of rotatable bonds is 4. The van der Waals surface area contributed by atoms with Crippen molar-refractivity contribution in [1.29, 1.82) is 0 Å². The predicted molar refractivity (Wildman–Crippen MR) is 57.5 cm³/mol. The lowest BCUT2D eigenvalue weighted by Gasteiger charge is -2.17. The summed E-state index contributed by atoms with van der Waals surface area (Å²) >= 11 is 0. The molecule has 4 heteroatoms. The van der Waals surface area contributed by atoms with Crippen molar-refractivity contribution in [2.24, 2.45) is 11.8 Å². The summed E-state index contributed by atoms with van der Waals surface area (Å²) in [7, 11) is -0.0807. The zero-order chi connectivity index (χ0) is 10.9. The normalized spacial score (nSPS) is 31.4. The van der Waals surface area contributed by atoms with Crippen LogP contribution in [0.15, 0.2) is 0 Å². The summed E-state index contributed by atoms with van der Waals surface area (Å²) in [5.74, 6) is 0.269. The van der Waals surface area contributed by atoms with E-state index < -0.39 is 8.32 Å². The molecule has 3 nitrogen and oxygen atoms in total. The van der Waals surface area contributed by atoms with Crippen LogP contribution in [0.3, 0.4) is 0 Å². The molecule has 0 aromatic carbocycles. The number of carbonyl (C=O) groups is 1. The summed E-state index contributed by atoms with van der Waals surface area (Å²) in [4.78, 5) is 11.4. The minimum atomic E-state index is -1.52. The van der Waals surface area contributed by atoms with E-state index in [-0.39, 0.29) is 18.0 Å². The molecule has 0 aromatic rings. The monoisotopic (exact) mass is 216 g/mol. The van der Waals surface area contributed by atoms with Gasteiger partial charge in [0.05, 0.1) is 19.1 Å². The molecular weight excluding hydrogens is 196 g/mol. The van der Waals surface area contributed by atoms with Crippen LogP contribution in [0.5, 0.6) is 0 Å². The summed E-state index contributed by atoms with van der Waals surface area (Å²) in [5, 5.41) is 0. The molecule has 1 rings (SSSR count). The Morgan fingerprint density at radius 2 is 1.93 bits per heavy atom. The lowest BCUT2D eigenvalue weighted by molar-refractivity contribution is -0.143. The van der Waals surface area contributed by atoms with E-state index >= 15 is 0 Å². The van der Waals surface area contributed by atoms with E-state index in [4.69, 9.17) is 9.16 Å². The van der Waals surface area contributed by atoms with Crippen LogP contribution >= 0.6 is 0 Å². The second kappa shape index (κ2) is 4.02. The predicted octanol–water partition coefficient (Wildman–Crippen LogP) is 2.04. The van der Waals surface area contributed by atoms with Gasteiger partial charge < -0.3 is 9.16 Å². The Balaban J connectivity index is 2.52. The van der Waals surface area contributed by atoms with Crippen molar-refractivity contribution < 1.29 is 14.0 Å². The fourth-order valence-electron chi connectivity index (χ4n) is 1.84. The van der Waals surface area contributed by atoms with Crippen molar-refractivity contribution in [3.05, 3.63) is 0 Å². The van der Waals surface area contributed by atoms with Crippen molar-refractivity contribution in [3.63, 3.8) is 0 Å². The Morgan fingerprint density at radius 1 is 1.36 bits per heavy atom. The highest BCUT2D eigenvalue weighted by atomic mass is 28.4. The first-order valence-corrected chi connectivity index (χ1v) is 8.57. The standard InChI is InChI=1S/C10H20O3Si/c1-6-7-8(10(11)12-2)9(7)13-14(3,4)5/h7-9H,6H2,1-5H3. The van der Waals surface area contributed by atoms with Gasteiger partial charge in [-0.1, -0.05) is 6.92 Å². The van der Waals surface area contributed by atoms with Gasteiger partial charge in [0, 0.05) is 5.92 Å². The lowest BCUT2D eigenvalue weighted by Crippen LogP contribution is -2.28. The fourth-order valence-corrected chi connectivity index (χ4v) is 2.98. The first-order chi connectivity index (χ1) is 6.40. The molecule has 0 spiro atoms. The van der Waals surface area contributed by atoms with Gasteiger partial charge in [-0.05, 0) is 26.1 Å². The molecule has 0 radical (unpaired) electrons. The number of methoxy groups -OCH3 is 1. The van der Waals surface area contributed by atoms with Crippen LogP contribution in [0.2, 0.25) is 19.6 Å². The molecule has 0 aliphatic heterocycles. The Kier molecular flexibility index (Phi) is 3.37. The first-order valence-electron chi connectivity index (χ1n) is 5.16. The van der Waals surface area contributed by atoms with Crippen molar-refractivity contribution >= 4 is 14.3 Å². The van der Waals surface area contributed by atoms with Crippen LogP contribution in [0, 0.1) is 11.8 Å². The van der Waals surface area contributed by atoms with E-state index in [0.717, 1.165) is 6.42 Å². The summed E-state index contributed by atoms with van der Waals surface area (Å²) in [6.07, 6.45) is 1.12. The molecule has 1 aliphatic carbocycles. The number of esters is 1. The zero-order valence-electron chi connectivity index (χ0n) is 9.66. The van der Waals surface area contributed by atoms with Gasteiger partial charge in [-0.2, -0.15) is 0 Å². The van der Waals surface area contributed by atoms with E-state index in [9.17, 15) is 4.79 Å². The van der Waals surface area contributed by atoms with Gasteiger partial charge in [0.15, 0.2) is 8.32 Å². The van der Waals surface area contributed by atoms with Crippen LogP contribution in [0.25, 0.3) is 0 Å². The van der Waals surface area contributed by atoms with Crippen LogP contribution in [0.4, 0.5) is 0 Å². The summed E-state index contributed by atoms with van der Waals surface area (Å²) in [6, 6.07) is 0. The molecule has 82 valence electrons. The van der Waals surface area contributed by atoms with E-state index in [1.807, 2.05) is 0 Å². The van der Waals surface area contributed by atoms with Gasteiger partial charge in [-0.25, -0.2) is 0 Å². The van der Waals surface area contributed by atoms with Crippen LogP contribution in [-0.4, -0.2) is 27.5 Å². The molecule has 3 atom stereocenters. The topological polar surface area (TPSA) is 35.5 Å². The van der Waals surface area contributed by atoms with Gasteiger partial charge in [-0.15, -0.1) is 0 Å². The Hall–Kier alpha value is -0.353. The molecule has 0 aromatic heterocycles. The van der Waals surface area contributed by atoms with Gasteiger partial charge in [-0.3, -0.25) is 4.79 Å². The molecule has 0 bridgehead atoms. The second-order valence-electron chi connectivity index (χ2n) is 4.82. The largest absolute Gasteiger partial charge is 0.469 e. The van der Waals surface area contributed by atoms with E-state index in [2.05, 4.69) is 26.6 Å². The Labute approximate surface area is 86.9 Å². The third kappa shape index (κ3) is 2.57. The maximum atomic E-state index is 11.4. The van der Waals surface area contributed by atoms with Crippen molar-refractivity contribution in [2.45, 2.75) is 39.1 Å². The summed E-state index contributed by atoms with van der Waals surface area (Å²) in [6.45, 7) is 8.53. The Morgan fingerprint density at radius 3 is 2.29 bits per heavy atom. The second-order valence-corrected chi connectivity index (χ2v) is 9.28. The van der Waals surface area contributed by atoms with Crippen molar-refractivity contribution in [1.82, 2.24) is 0 Å². The highest BCUT2D eigenvalue weighted by Crippen LogP contribution is 2.46. The van der Waals surface area contributed by atoms with E-state index in [1.54, 1.807) is 0 Å². The summed E-state index contributed by atoms with van der Waals surface area (Å²) in [5.41, 5.74) is 0. The van der Waals surface area contributed by atoms with Crippen LogP contribution in [0.1, 0.15) is 13.3 Å². The minimum Gasteiger partial charge on any atom is -0.469 e. The number of ether oxygens (including phenoxy) is 1. The molecule has 1 saturated carbocycles. The molecule has 0 saturated heterocycles. The molecule has 1 aliphatic rings. The molecule has 1 fully saturated rings. The molecule has 0 amide bonds.